The number of nitrogens with zero attached hydrogens (tertiary/aromatic N) is 8. The second kappa shape index (κ2) is 48.8. The Hall–Kier alpha value is -7.82. The van der Waals surface area contributed by atoms with Gasteiger partial charge in [-0.05, 0) is 150 Å². The maximum atomic E-state index is 9.76. The molecule has 0 aliphatic rings. The summed E-state index contributed by atoms with van der Waals surface area (Å²) in [5.41, 5.74) is 22.0. The molecule has 616 valence electrons. The average Bonchev–Trinajstić information content (AvgIpc) is 0.822. The molecule has 6 atom stereocenters. The summed E-state index contributed by atoms with van der Waals surface area (Å²) >= 11 is 0. The predicted molar refractivity (Wildman–Crippen MR) is 455 cm³/mol. The number of rotatable bonds is 13. The molecule has 4 radical (unpaired) electrons. The number of hydrogen-bond donors (Lipinski definition) is 6. The first-order chi connectivity index (χ1) is 52.5. The molecule has 13 rings (SSSR count). The third-order valence-corrected chi connectivity index (χ3v) is 18.3. The zero-order valence-corrected chi connectivity index (χ0v) is 79.1. The standard InChI is InChI=1S/2C22H17N2.C18H15N2.C14H15N2.C11H24O2.2C5H12O2.4Ir/c2*1-15-7-8-16(2)20(11-15)22-13-21(23-14-24-22)19-10-9-17-5-3-4-6-18(17)12-19;1-13-8-6-7-11-16(13)18-14(2)17(19-12-20-18)15-9-4-3-5-10-15;1-14(2,3)13-9-12(15-10-16-13)11-7-5-4-6-8-11;1-10(2,3)8(12)7-9(13)11(4,5)6;2*1-4(6)3-5(2)7;;;;/h2*3-9,11-14H,1-2H3;3-9,11-12H,1-2H3;4-7,9-10H,1-3H3;8-9,12-13H,7H2,1-6H3;2*4-7H,3H2,1-2H3;;;;/q4*-1;;;;;;;. The van der Waals surface area contributed by atoms with Gasteiger partial charge in [0.05, 0.1) is 53.7 Å². The monoisotopic (exact) mass is 2260 g/mol. The number of fused-ring (bicyclic) bond motifs is 2. The van der Waals surface area contributed by atoms with Gasteiger partial charge in [0.25, 0.3) is 0 Å². The molecule has 4 heterocycles. The van der Waals surface area contributed by atoms with Gasteiger partial charge in [-0.2, -0.15) is 0 Å². The fraction of sp³-hybridized carbons (Fsp3) is 0.320. The van der Waals surface area contributed by atoms with E-state index in [1.165, 1.54) is 49.4 Å². The number of aromatic nitrogens is 8. The van der Waals surface area contributed by atoms with Gasteiger partial charge in [0.15, 0.2) is 0 Å². The van der Waals surface area contributed by atoms with Crippen molar-refractivity contribution in [3.05, 3.63) is 289 Å². The molecule has 0 aliphatic heterocycles. The van der Waals surface area contributed by atoms with Crippen molar-refractivity contribution in [1.29, 1.82) is 0 Å². The molecule has 13 aromatic rings. The first-order valence-electron chi connectivity index (χ1n) is 37.9. The van der Waals surface area contributed by atoms with Crippen molar-refractivity contribution in [2.24, 2.45) is 10.8 Å². The summed E-state index contributed by atoms with van der Waals surface area (Å²) in [5, 5.41) is 58.5. The molecule has 0 saturated heterocycles. The van der Waals surface area contributed by atoms with Crippen LogP contribution in [0.5, 0.6) is 0 Å². The van der Waals surface area contributed by atoms with Crippen LogP contribution < -0.4 is 0 Å². The molecule has 115 heavy (non-hydrogen) atoms. The Bertz CT molecular complexity index is 4840. The molecule has 14 nitrogen and oxygen atoms in total. The molecule has 4 aromatic heterocycles. The smallest absolute Gasteiger partial charge is 0.106 e. The first kappa shape index (κ1) is 101. The van der Waals surface area contributed by atoms with E-state index in [4.69, 9.17) is 20.4 Å². The van der Waals surface area contributed by atoms with Gasteiger partial charge in [0.1, 0.15) is 25.3 Å². The molecule has 0 spiro atoms. The van der Waals surface area contributed by atoms with Crippen molar-refractivity contribution >= 4 is 21.5 Å². The number of aliphatic hydroxyl groups excluding tert-OH is 6. The summed E-state index contributed by atoms with van der Waals surface area (Å²) in [4.78, 5) is 35.3. The zero-order chi connectivity index (χ0) is 81.2. The van der Waals surface area contributed by atoms with Crippen LogP contribution >= 0.6 is 0 Å². The van der Waals surface area contributed by atoms with Crippen molar-refractivity contribution < 1.29 is 111 Å². The van der Waals surface area contributed by atoms with Gasteiger partial charge in [-0.25, -0.2) is 19.9 Å². The fourth-order valence-electron chi connectivity index (χ4n) is 11.6. The van der Waals surface area contributed by atoms with Crippen molar-refractivity contribution in [3.8, 4) is 78.8 Å². The van der Waals surface area contributed by atoms with Gasteiger partial charge in [-0.1, -0.05) is 199 Å². The number of benzene rings is 9. The van der Waals surface area contributed by atoms with E-state index in [1.807, 2.05) is 157 Å². The van der Waals surface area contributed by atoms with Crippen LogP contribution in [0.15, 0.2) is 225 Å². The number of hydrogen-bond acceptors (Lipinski definition) is 14. The summed E-state index contributed by atoms with van der Waals surface area (Å²) in [7, 11) is 0. The van der Waals surface area contributed by atoms with Crippen LogP contribution in [-0.2, 0) is 85.8 Å². The van der Waals surface area contributed by atoms with Crippen LogP contribution in [0, 0.1) is 76.6 Å². The van der Waals surface area contributed by atoms with E-state index in [0.717, 1.165) is 90.1 Å². The maximum Gasteiger partial charge on any atom is 0.106 e. The predicted octanol–water partition coefficient (Wildman–Crippen LogP) is 20.7. The van der Waals surface area contributed by atoms with Gasteiger partial charge >= 0.3 is 0 Å². The van der Waals surface area contributed by atoms with E-state index >= 15 is 0 Å². The molecule has 6 unspecified atom stereocenters. The van der Waals surface area contributed by atoms with Gasteiger partial charge in [-0.15, -0.1) is 130 Å². The number of aliphatic hydroxyl groups is 6. The van der Waals surface area contributed by atoms with E-state index in [0.29, 0.717) is 19.3 Å². The van der Waals surface area contributed by atoms with Crippen LogP contribution in [-0.4, -0.2) is 107 Å². The second-order valence-corrected chi connectivity index (χ2v) is 31.6. The maximum absolute atomic E-state index is 9.76. The van der Waals surface area contributed by atoms with Crippen LogP contribution in [0.4, 0.5) is 0 Å². The van der Waals surface area contributed by atoms with Crippen LogP contribution in [0.1, 0.15) is 148 Å². The van der Waals surface area contributed by atoms with E-state index < -0.39 is 12.2 Å². The van der Waals surface area contributed by atoms with Gasteiger partial charge in [0, 0.05) is 115 Å². The molecule has 0 amide bonds. The van der Waals surface area contributed by atoms with E-state index in [2.05, 4.69) is 211 Å². The summed E-state index contributed by atoms with van der Waals surface area (Å²) in [6.07, 6.45) is 5.53. The minimum Gasteiger partial charge on any atom is -0.393 e. The molecule has 9 aromatic carbocycles. The molecular formula is C97H112Ir4N8O6-4. The molecule has 6 N–H and O–H groups in total. The van der Waals surface area contributed by atoms with E-state index in [9.17, 15) is 10.2 Å². The summed E-state index contributed by atoms with van der Waals surface area (Å²) in [6, 6.07) is 81.0. The van der Waals surface area contributed by atoms with Crippen molar-refractivity contribution in [1.82, 2.24) is 39.9 Å². The van der Waals surface area contributed by atoms with Crippen molar-refractivity contribution in [3.63, 3.8) is 0 Å². The summed E-state index contributed by atoms with van der Waals surface area (Å²) in [5.74, 6) is 0. The molecule has 0 saturated carbocycles. The van der Waals surface area contributed by atoms with Gasteiger partial charge < -0.3 is 30.6 Å². The Morgan fingerprint density at radius 2 is 0.670 bits per heavy atom. The quantitative estimate of drug-likeness (QED) is 0.0591. The summed E-state index contributed by atoms with van der Waals surface area (Å²) in [6.45, 7) is 37.5. The number of aryl methyl sites for hydroxylation is 5. The Morgan fingerprint density at radius 3 is 1.06 bits per heavy atom. The van der Waals surface area contributed by atoms with Gasteiger partial charge in [0.2, 0.25) is 0 Å². The second-order valence-electron chi connectivity index (χ2n) is 31.6. The van der Waals surface area contributed by atoms with Gasteiger partial charge in [-0.3, -0.25) is 19.9 Å². The fourth-order valence-corrected chi connectivity index (χ4v) is 11.6. The minimum atomic E-state index is -0.443. The van der Waals surface area contributed by atoms with E-state index in [1.54, 1.807) is 53.0 Å². The van der Waals surface area contributed by atoms with Crippen LogP contribution in [0.2, 0.25) is 0 Å². The molecule has 0 bridgehead atoms. The Morgan fingerprint density at radius 1 is 0.313 bits per heavy atom. The normalized spacial score (nSPS) is 12.4. The topological polar surface area (TPSA) is 224 Å². The molecule has 0 aliphatic carbocycles. The van der Waals surface area contributed by atoms with Crippen LogP contribution in [0.25, 0.3) is 100 Å². The molecule has 18 heteroatoms. The average molecular weight is 2250 g/mol. The minimum absolute atomic E-state index is 0. The Balaban J connectivity index is 0.000000358. The zero-order valence-electron chi connectivity index (χ0n) is 69.5. The first-order valence-corrected chi connectivity index (χ1v) is 37.9. The Labute approximate surface area is 737 Å². The SMILES string of the molecule is CC(C)(C)C(O)CC(O)C(C)(C)C.CC(C)(C)c1cc(-c2[c-]cccc2)ncn1.CC(O)CC(C)O.CC(O)CC(C)O.Cc1ccc(C)c(-c2cc(-c3[c-]cc4ccccc4c3)ncn2)c1.Cc1ccc(C)c(-c2cc(-c3[c-]cc4ccccc4c3)ncn2)c1.Cc1ccccc1-c1ncnc(-c2[c-]cccc2)c1C.[Ir].[Ir].[Ir].[Ir]. The third kappa shape index (κ3) is 32.9. The van der Waals surface area contributed by atoms with Crippen molar-refractivity contribution in [2.75, 3.05) is 0 Å². The summed E-state index contributed by atoms with van der Waals surface area (Å²) < 4.78 is 0. The molecular weight excluding hydrogens is 2140 g/mol. The molecule has 0 fully saturated rings. The van der Waals surface area contributed by atoms with Crippen LogP contribution in [0.3, 0.4) is 0 Å². The Kier molecular flexibility index (Phi) is 43.0. The largest absolute Gasteiger partial charge is 0.393 e. The third-order valence-electron chi connectivity index (χ3n) is 18.3. The van der Waals surface area contributed by atoms with Crippen molar-refractivity contribution in [2.45, 2.75) is 193 Å². The van der Waals surface area contributed by atoms with E-state index in [-0.39, 0.29) is 121 Å².